The molecular weight excluding hydrogens is 476 g/mol. The SMILES string of the molecule is COC1C=CC2=CC1[C@]1(C[C@H]1c1ccc3c(/C=C/c4ccc(CN5CCOCC5)cc4)n[nH]c3c1)C(=O)N2. The predicted octanol–water partition coefficient (Wildman–Crippen LogP) is 4.25. The molecule has 1 aromatic heterocycles. The largest absolute Gasteiger partial charge is 0.379 e. The first-order chi connectivity index (χ1) is 18.6. The Morgan fingerprint density at radius 1 is 1.16 bits per heavy atom. The number of H-pyrrole nitrogens is 1. The number of rotatable bonds is 6. The molecule has 7 rings (SSSR count). The summed E-state index contributed by atoms with van der Waals surface area (Å²) in [5.41, 5.74) is 5.98. The number of aromatic amines is 1. The lowest BCUT2D eigenvalue weighted by Gasteiger charge is -2.36. The minimum Gasteiger partial charge on any atom is -0.379 e. The molecule has 194 valence electrons. The molecule has 4 atom stereocenters. The predicted molar refractivity (Wildman–Crippen MR) is 147 cm³/mol. The Kier molecular flexibility index (Phi) is 5.80. The number of hydrogen-bond acceptors (Lipinski definition) is 5. The van der Waals surface area contributed by atoms with E-state index in [4.69, 9.17) is 9.47 Å². The molecule has 2 fully saturated rings. The van der Waals surface area contributed by atoms with Crippen molar-refractivity contribution in [2.75, 3.05) is 33.4 Å². The van der Waals surface area contributed by atoms with Crippen molar-refractivity contribution in [2.24, 2.45) is 11.3 Å². The fraction of sp³-hybridized carbons (Fsp3) is 0.355. The Hall–Kier alpha value is -3.52. The molecule has 1 spiro atoms. The molecule has 2 aliphatic heterocycles. The normalized spacial score (nSPS) is 28.7. The zero-order valence-corrected chi connectivity index (χ0v) is 21.5. The van der Waals surface area contributed by atoms with Gasteiger partial charge in [0, 0.05) is 49.7 Å². The highest BCUT2D eigenvalue weighted by molar-refractivity contribution is 5.93. The zero-order valence-electron chi connectivity index (χ0n) is 21.5. The van der Waals surface area contributed by atoms with E-state index >= 15 is 0 Å². The van der Waals surface area contributed by atoms with Crippen LogP contribution in [0.5, 0.6) is 0 Å². The maximum absolute atomic E-state index is 13.2. The van der Waals surface area contributed by atoms with Crippen molar-refractivity contribution in [1.82, 2.24) is 20.4 Å². The van der Waals surface area contributed by atoms with Gasteiger partial charge in [-0.3, -0.25) is 14.8 Å². The molecule has 2 N–H and O–H groups in total. The van der Waals surface area contributed by atoms with Crippen LogP contribution in [0, 0.1) is 11.3 Å². The van der Waals surface area contributed by atoms with Crippen LogP contribution in [-0.2, 0) is 20.8 Å². The summed E-state index contributed by atoms with van der Waals surface area (Å²) in [7, 11) is 1.72. The molecular formula is C31H32N4O3. The third-order valence-electron chi connectivity index (χ3n) is 8.67. The van der Waals surface area contributed by atoms with Gasteiger partial charge < -0.3 is 14.8 Å². The molecule has 38 heavy (non-hydrogen) atoms. The van der Waals surface area contributed by atoms with Gasteiger partial charge in [0.25, 0.3) is 0 Å². The van der Waals surface area contributed by atoms with Crippen molar-refractivity contribution in [2.45, 2.75) is 25.0 Å². The van der Waals surface area contributed by atoms with E-state index in [1.54, 1.807) is 7.11 Å². The molecule has 7 nitrogen and oxygen atoms in total. The van der Waals surface area contributed by atoms with Gasteiger partial charge in [-0.2, -0.15) is 5.10 Å². The van der Waals surface area contributed by atoms with Gasteiger partial charge in [0.2, 0.25) is 5.91 Å². The number of hydrogen-bond donors (Lipinski definition) is 2. The first kappa shape index (κ1) is 23.6. The molecule has 1 amide bonds. The van der Waals surface area contributed by atoms with E-state index < -0.39 is 5.41 Å². The van der Waals surface area contributed by atoms with Crippen molar-refractivity contribution in [1.29, 1.82) is 0 Å². The monoisotopic (exact) mass is 508 g/mol. The molecule has 2 unspecified atom stereocenters. The molecule has 7 heteroatoms. The lowest BCUT2D eigenvalue weighted by molar-refractivity contribution is -0.129. The van der Waals surface area contributed by atoms with Crippen LogP contribution < -0.4 is 5.32 Å². The van der Waals surface area contributed by atoms with E-state index in [0.717, 1.165) is 67.1 Å². The van der Waals surface area contributed by atoms with Gasteiger partial charge in [-0.15, -0.1) is 0 Å². The van der Waals surface area contributed by atoms with Crippen molar-refractivity contribution in [3.8, 4) is 0 Å². The number of allylic oxidation sites excluding steroid dienone is 1. The molecule has 1 saturated carbocycles. The minimum atomic E-state index is -0.445. The van der Waals surface area contributed by atoms with Crippen LogP contribution in [-0.4, -0.2) is 60.5 Å². The van der Waals surface area contributed by atoms with Crippen LogP contribution in [0.4, 0.5) is 0 Å². The maximum atomic E-state index is 13.2. The fourth-order valence-electron chi connectivity index (χ4n) is 6.45. The van der Waals surface area contributed by atoms with Gasteiger partial charge in [0.15, 0.2) is 0 Å². The summed E-state index contributed by atoms with van der Waals surface area (Å²) < 4.78 is 11.2. The first-order valence-corrected chi connectivity index (χ1v) is 13.4. The van der Waals surface area contributed by atoms with Crippen molar-refractivity contribution < 1.29 is 14.3 Å². The van der Waals surface area contributed by atoms with Gasteiger partial charge in [0.05, 0.1) is 35.9 Å². The van der Waals surface area contributed by atoms with Crippen LogP contribution in [0.25, 0.3) is 23.1 Å². The highest BCUT2D eigenvalue weighted by atomic mass is 16.5. The summed E-state index contributed by atoms with van der Waals surface area (Å²) in [6.45, 7) is 4.59. The standard InChI is InChI=1S/C31H32N4O3/c1-37-29-11-8-23-17-25(29)31(30(36)32-23)18-26(31)22-7-9-24-27(33-34-28(24)16-22)10-6-20-2-4-21(5-3-20)19-35-12-14-38-15-13-35/h2-11,16-17,25-26,29H,12-15,18-19H2,1H3,(H,32,36)(H,33,34)/b10-6+/t25?,26-,29?,31-/m0/s1. The quantitative estimate of drug-likeness (QED) is 0.520. The molecule has 4 aliphatic rings. The van der Waals surface area contributed by atoms with Gasteiger partial charge >= 0.3 is 0 Å². The van der Waals surface area contributed by atoms with Crippen LogP contribution >= 0.6 is 0 Å². The molecule has 2 aliphatic carbocycles. The van der Waals surface area contributed by atoms with E-state index in [-0.39, 0.29) is 23.8 Å². The second-order valence-electron chi connectivity index (χ2n) is 10.8. The number of aromatic nitrogens is 2. The Labute approximate surface area is 222 Å². The number of carbonyl (C=O) groups is 1. The van der Waals surface area contributed by atoms with Gasteiger partial charge in [0.1, 0.15) is 0 Å². The molecule has 0 radical (unpaired) electrons. The van der Waals surface area contributed by atoms with Crippen molar-refractivity contribution in [3.63, 3.8) is 0 Å². The molecule has 3 heterocycles. The Morgan fingerprint density at radius 3 is 2.82 bits per heavy atom. The number of amides is 1. The Balaban J connectivity index is 1.07. The summed E-state index contributed by atoms with van der Waals surface area (Å²) in [5, 5.41) is 11.9. The summed E-state index contributed by atoms with van der Waals surface area (Å²) >= 11 is 0. The second kappa shape index (κ2) is 9.34. The van der Waals surface area contributed by atoms with E-state index in [0.29, 0.717) is 0 Å². The highest BCUT2D eigenvalue weighted by Gasteiger charge is 2.67. The lowest BCUT2D eigenvalue weighted by atomic mass is 9.75. The summed E-state index contributed by atoms with van der Waals surface area (Å²) in [5.74, 6) is 0.334. The first-order valence-electron chi connectivity index (χ1n) is 13.4. The minimum absolute atomic E-state index is 0.0578. The fourth-order valence-corrected chi connectivity index (χ4v) is 6.45. The number of morpholine rings is 1. The Bertz CT molecular complexity index is 1460. The van der Waals surface area contributed by atoms with Gasteiger partial charge in [-0.25, -0.2) is 0 Å². The molecule has 3 aromatic rings. The smallest absolute Gasteiger partial charge is 0.231 e. The third-order valence-corrected chi connectivity index (χ3v) is 8.67. The summed E-state index contributed by atoms with van der Waals surface area (Å²) in [4.78, 5) is 15.6. The number of nitrogens with zero attached hydrogens (tertiary/aromatic N) is 2. The third kappa shape index (κ3) is 4.02. The summed E-state index contributed by atoms with van der Waals surface area (Å²) in [6, 6.07) is 15.2. The van der Waals surface area contributed by atoms with Crippen molar-refractivity contribution >= 4 is 29.0 Å². The van der Waals surface area contributed by atoms with E-state index in [2.05, 4.69) is 87.2 Å². The number of ether oxygens (including phenoxy) is 2. The topological polar surface area (TPSA) is 79.5 Å². The van der Waals surface area contributed by atoms with E-state index in [1.165, 1.54) is 11.1 Å². The average molecular weight is 509 g/mol. The molecule has 2 aromatic carbocycles. The van der Waals surface area contributed by atoms with Crippen LogP contribution in [0.3, 0.4) is 0 Å². The van der Waals surface area contributed by atoms with Crippen LogP contribution in [0.15, 0.2) is 66.4 Å². The number of methoxy groups -OCH3 is 1. The molecule has 1 saturated heterocycles. The average Bonchev–Trinajstić information content (AvgIpc) is 3.58. The highest BCUT2D eigenvalue weighted by Crippen LogP contribution is 2.67. The number of benzene rings is 2. The summed E-state index contributed by atoms with van der Waals surface area (Å²) in [6.07, 6.45) is 11.1. The van der Waals surface area contributed by atoms with E-state index in [1.807, 2.05) is 6.08 Å². The molecule has 2 bridgehead atoms. The number of fused-ring (bicyclic) bond motifs is 3. The Morgan fingerprint density at radius 2 is 2.00 bits per heavy atom. The van der Waals surface area contributed by atoms with Crippen molar-refractivity contribution in [3.05, 3.63) is 88.8 Å². The van der Waals surface area contributed by atoms with Crippen LogP contribution in [0.2, 0.25) is 0 Å². The van der Waals surface area contributed by atoms with Crippen LogP contribution in [0.1, 0.15) is 34.7 Å². The number of nitrogens with one attached hydrogen (secondary N) is 2. The number of carbonyl (C=O) groups excluding carboxylic acids is 1. The second-order valence-corrected chi connectivity index (χ2v) is 10.8. The van der Waals surface area contributed by atoms with E-state index in [9.17, 15) is 4.79 Å². The van der Waals surface area contributed by atoms with Gasteiger partial charge in [-0.05, 0) is 41.3 Å². The maximum Gasteiger partial charge on any atom is 0.231 e. The van der Waals surface area contributed by atoms with Gasteiger partial charge in [-0.1, -0.05) is 54.6 Å². The lowest BCUT2D eigenvalue weighted by Crippen LogP contribution is -2.47. The zero-order chi connectivity index (χ0) is 25.7.